The predicted octanol–water partition coefficient (Wildman–Crippen LogP) is 4.00. The Kier molecular flexibility index (Phi) is 7.26. The van der Waals surface area contributed by atoms with Crippen molar-refractivity contribution in [1.82, 2.24) is 0 Å². The van der Waals surface area contributed by atoms with Crippen LogP contribution in [0.1, 0.15) is 31.7 Å². The van der Waals surface area contributed by atoms with Gasteiger partial charge in [0.05, 0.1) is 11.5 Å². The minimum atomic E-state index is -3.63. The van der Waals surface area contributed by atoms with E-state index in [4.69, 9.17) is 4.18 Å². The van der Waals surface area contributed by atoms with Gasteiger partial charge in [-0.25, -0.2) is 0 Å². The molecule has 1 aromatic carbocycles. The molecule has 0 heterocycles. The molecule has 0 amide bonds. The van der Waals surface area contributed by atoms with Crippen molar-refractivity contribution in [3.8, 4) is 0 Å². The zero-order chi connectivity index (χ0) is 14.8. The molecule has 0 radical (unpaired) electrons. The van der Waals surface area contributed by atoms with Gasteiger partial charge in [0.25, 0.3) is 10.1 Å². The third kappa shape index (κ3) is 6.17. The third-order valence-corrected chi connectivity index (χ3v) is 4.00. The Balaban J connectivity index is 2.37. The van der Waals surface area contributed by atoms with E-state index in [9.17, 15) is 8.42 Å². The average molecular weight is 294 g/mol. The minimum absolute atomic E-state index is 0.171. The van der Waals surface area contributed by atoms with Crippen molar-refractivity contribution >= 4 is 10.1 Å². The highest BCUT2D eigenvalue weighted by Crippen LogP contribution is 2.13. The summed E-state index contributed by atoms with van der Waals surface area (Å²) < 4.78 is 28.7. The van der Waals surface area contributed by atoms with Crippen LogP contribution in [0.4, 0.5) is 0 Å². The lowest BCUT2D eigenvalue weighted by atomic mass is 10.2. The SMILES string of the molecule is CC/C=C/C/C=C/CCOS(=O)(=O)c1ccc(C)cc1. The molecule has 0 N–H and O–H groups in total. The van der Waals surface area contributed by atoms with Crippen LogP contribution in [-0.2, 0) is 14.3 Å². The summed E-state index contributed by atoms with van der Waals surface area (Å²) in [5, 5.41) is 0. The van der Waals surface area contributed by atoms with Gasteiger partial charge in [-0.3, -0.25) is 4.18 Å². The van der Waals surface area contributed by atoms with Crippen LogP contribution in [0.15, 0.2) is 53.5 Å². The molecule has 0 saturated heterocycles. The van der Waals surface area contributed by atoms with Crippen LogP contribution in [0.25, 0.3) is 0 Å². The van der Waals surface area contributed by atoms with E-state index in [1.54, 1.807) is 24.3 Å². The van der Waals surface area contributed by atoms with Crippen LogP contribution < -0.4 is 0 Å². The Labute approximate surface area is 122 Å². The van der Waals surface area contributed by atoms with Crippen LogP contribution in [-0.4, -0.2) is 15.0 Å². The summed E-state index contributed by atoms with van der Waals surface area (Å²) in [6.45, 7) is 4.17. The lowest BCUT2D eigenvalue weighted by Gasteiger charge is -2.04. The molecule has 0 unspecified atom stereocenters. The standard InChI is InChI=1S/C16H22O3S/c1-3-4-5-6-7-8-9-14-19-20(17,18)16-12-10-15(2)11-13-16/h4-5,7-8,10-13H,3,6,9,14H2,1-2H3/b5-4+,8-7+. The van der Waals surface area contributed by atoms with Gasteiger partial charge in [-0.1, -0.05) is 48.9 Å². The lowest BCUT2D eigenvalue weighted by Crippen LogP contribution is -2.07. The van der Waals surface area contributed by atoms with Crippen molar-refractivity contribution < 1.29 is 12.6 Å². The average Bonchev–Trinajstić information content (AvgIpc) is 2.42. The molecule has 1 aromatic rings. The largest absolute Gasteiger partial charge is 0.296 e. The van der Waals surface area contributed by atoms with E-state index in [2.05, 4.69) is 19.1 Å². The van der Waals surface area contributed by atoms with Crippen molar-refractivity contribution in [3.63, 3.8) is 0 Å². The van der Waals surface area contributed by atoms with Gasteiger partial charge < -0.3 is 0 Å². The monoisotopic (exact) mass is 294 g/mol. The molecule has 0 saturated carbocycles. The fraction of sp³-hybridized carbons (Fsp3) is 0.375. The van der Waals surface area contributed by atoms with E-state index in [0.717, 1.165) is 18.4 Å². The van der Waals surface area contributed by atoms with Gasteiger partial charge >= 0.3 is 0 Å². The Bertz CT molecular complexity index is 540. The quantitative estimate of drug-likeness (QED) is 0.413. The van der Waals surface area contributed by atoms with Crippen LogP contribution in [0.3, 0.4) is 0 Å². The van der Waals surface area contributed by atoms with Crippen molar-refractivity contribution in [2.75, 3.05) is 6.61 Å². The first-order chi connectivity index (χ1) is 9.56. The van der Waals surface area contributed by atoms with Gasteiger partial charge in [-0.05, 0) is 38.3 Å². The Hall–Kier alpha value is -1.39. The smallest absolute Gasteiger partial charge is 0.266 e. The van der Waals surface area contributed by atoms with Gasteiger partial charge in [0.2, 0.25) is 0 Å². The number of hydrogen-bond donors (Lipinski definition) is 0. The van der Waals surface area contributed by atoms with Crippen LogP contribution >= 0.6 is 0 Å². The van der Waals surface area contributed by atoms with E-state index in [0.29, 0.717) is 6.42 Å². The number of rotatable bonds is 8. The molecule has 0 fully saturated rings. The van der Waals surface area contributed by atoms with Gasteiger partial charge in [0, 0.05) is 0 Å². The second-order valence-electron chi connectivity index (χ2n) is 4.46. The predicted molar refractivity (Wildman–Crippen MR) is 82.1 cm³/mol. The fourth-order valence-corrected chi connectivity index (χ4v) is 2.48. The number of benzene rings is 1. The van der Waals surface area contributed by atoms with E-state index < -0.39 is 10.1 Å². The summed E-state index contributed by atoms with van der Waals surface area (Å²) >= 11 is 0. The van der Waals surface area contributed by atoms with Crippen LogP contribution in [0, 0.1) is 6.92 Å². The molecular formula is C16H22O3S. The summed E-state index contributed by atoms with van der Waals surface area (Å²) in [7, 11) is -3.63. The first-order valence-electron chi connectivity index (χ1n) is 6.82. The summed E-state index contributed by atoms with van der Waals surface area (Å²) in [6.07, 6.45) is 10.6. The normalized spacial score (nSPS) is 12.5. The molecule has 1 rings (SSSR count). The van der Waals surface area contributed by atoms with Gasteiger partial charge in [-0.2, -0.15) is 8.42 Å². The Morgan fingerprint density at radius 3 is 2.35 bits per heavy atom. The number of hydrogen-bond acceptors (Lipinski definition) is 3. The van der Waals surface area contributed by atoms with E-state index >= 15 is 0 Å². The first kappa shape index (κ1) is 16.7. The molecule has 0 aliphatic heterocycles. The molecular weight excluding hydrogens is 272 g/mol. The zero-order valence-corrected chi connectivity index (χ0v) is 12.9. The molecule has 0 atom stereocenters. The van der Waals surface area contributed by atoms with Crippen LogP contribution in [0.5, 0.6) is 0 Å². The number of allylic oxidation sites excluding steroid dienone is 3. The maximum atomic E-state index is 11.9. The fourth-order valence-electron chi connectivity index (χ4n) is 1.55. The molecule has 0 bridgehead atoms. The van der Waals surface area contributed by atoms with Crippen LogP contribution in [0.2, 0.25) is 0 Å². The number of aryl methyl sites for hydroxylation is 1. The van der Waals surface area contributed by atoms with E-state index in [1.165, 1.54) is 0 Å². The summed E-state index contributed by atoms with van der Waals surface area (Å²) in [4.78, 5) is 0.206. The molecule has 3 nitrogen and oxygen atoms in total. The maximum Gasteiger partial charge on any atom is 0.296 e. The van der Waals surface area contributed by atoms with Gasteiger partial charge in [0.15, 0.2) is 0 Å². The van der Waals surface area contributed by atoms with Crippen molar-refractivity contribution in [3.05, 3.63) is 54.1 Å². The molecule has 0 aliphatic carbocycles. The summed E-state index contributed by atoms with van der Waals surface area (Å²) in [6, 6.07) is 6.65. The highest BCUT2D eigenvalue weighted by molar-refractivity contribution is 7.86. The van der Waals surface area contributed by atoms with E-state index in [1.807, 2.05) is 19.1 Å². The lowest BCUT2D eigenvalue weighted by molar-refractivity contribution is 0.324. The molecule has 20 heavy (non-hydrogen) atoms. The van der Waals surface area contributed by atoms with Gasteiger partial charge in [0.1, 0.15) is 0 Å². The summed E-state index contributed by atoms with van der Waals surface area (Å²) in [5.74, 6) is 0. The third-order valence-electron chi connectivity index (χ3n) is 2.67. The van der Waals surface area contributed by atoms with Crippen molar-refractivity contribution in [2.24, 2.45) is 0 Å². The zero-order valence-electron chi connectivity index (χ0n) is 12.1. The van der Waals surface area contributed by atoms with Gasteiger partial charge in [-0.15, -0.1) is 0 Å². The first-order valence-corrected chi connectivity index (χ1v) is 8.23. The highest BCUT2D eigenvalue weighted by atomic mass is 32.2. The molecule has 0 spiro atoms. The Morgan fingerprint density at radius 1 is 1.05 bits per heavy atom. The molecule has 0 aliphatic rings. The highest BCUT2D eigenvalue weighted by Gasteiger charge is 2.13. The second-order valence-corrected chi connectivity index (χ2v) is 6.08. The van der Waals surface area contributed by atoms with E-state index in [-0.39, 0.29) is 11.5 Å². The topological polar surface area (TPSA) is 43.4 Å². The maximum absolute atomic E-state index is 11.9. The molecule has 4 heteroatoms. The minimum Gasteiger partial charge on any atom is -0.266 e. The van der Waals surface area contributed by atoms with Crippen molar-refractivity contribution in [1.29, 1.82) is 0 Å². The molecule has 0 aromatic heterocycles. The second kappa shape index (κ2) is 8.72. The summed E-state index contributed by atoms with van der Waals surface area (Å²) in [5.41, 5.74) is 1.02. The molecule has 110 valence electrons. The Morgan fingerprint density at radius 2 is 1.70 bits per heavy atom. The van der Waals surface area contributed by atoms with Crippen molar-refractivity contribution in [2.45, 2.75) is 38.0 Å².